The van der Waals surface area contributed by atoms with Crippen LogP contribution in [0.3, 0.4) is 0 Å². The Balaban J connectivity index is 1.99. The number of nitrogens with two attached hydrogens (primary N) is 1. The summed E-state index contributed by atoms with van der Waals surface area (Å²) < 4.78 is 5.73. The smallest absolute Gasteiger partial charge is 0.0897 e. The monoisotopic (exact) mass is 226 g/mol. The van der Waals surface area contributed by atoms with Crippen LogP contribution in [0.1, 0.15) is 30.5 Å². The van der Waals surface area contributed by atoms with E-state index in [9.17, 15) is 0 Å². The first-order valence-corrected chi connectivity index (χ1v) is 6.29. The SMILES string of the molecule is Cc1nc(CC(N)C2(C)CCCO2)cs1. The number of ether oxygens (including phenoxy) is 1. The van der Waals surface area contributed by atoms with Gasteiger partial charge in [-0.25, -0.2) is 4.98 Å². The number of aromatic nitrogens is 1. The van der Waals surface area contributed by atoms with Crippen LogP contribution in [-0.4, -0.2) is 23.2 Å². The highest BCUT2D eigenvalue weighted by Gasteiger charge is 2.36. The first kappa shape index (κ1) is 11.0. The highest BCUT2D eigenvalue weighted by Crippen LogP contribution is 2.29. The van der Waals surface area contributed by atoms with E-state index in [2.05, 4.69) is 17.3 Å². The summed E-state index contributed by atoms with van der Waals surface area (Å²) in [6, 6.07) is 0.0569. The highest BCUT2D eigenvalue weighted by atomic mass is 32.1. The van der Waals surface area contributed by atoms with Gasteiger partial charge in [-0.2, -0.15) is 0 Å². The molecule has 2 heterocycles. The molecule has 2 atom stereocenters. The van der Waals surface area contributed by atoms with Crippen molar-refractivity contribution in [2.45, 2.75) is 44.8 Å². The average molecular weight is 226 g/mol. The minimum atomic E-state index is -0.141. The normalized spacial score (nSPS) is 28.2. The minimum absolute atomic E-state index is 0.0569. The van der Waals surface area contributed by atoms with E-state index < -0.39 is 0 Å². The molecular weight excluding hydrogens is 208 g/mol. The Morgan fingerprint density at radius 2 is 2.53 bits per heavy atom. The Labute approximate surface area is 94.7 Å². The zero-order valence-corrected chi connectivity index (χ0v) is 10.1. The van der Waals surface area contributed by atoms with Gasteiger partial charge in [-0.05, 0) is 26.7 Å². The Hall–Kier alpha value is -0.450. The first-order valence-electron chi connectivity index (χ1n) is 5.41. The quantitative estimate of drug-likeness (QED) is 0.856. The molecule has 1 fully saturated rings. The molecule has 1 aliphatic rings. The molecule has 0 bridgehead atoms. The fourth-order valence-electron chi connectivity index (χ4n) is 2.04. The lowest BCUT2D eigenvalue weighted by Crippen LogP contribution is -2.46. The molecule has 0 radical (unpaired) electrons. The van der Waals surface area contributed by atoms with Crippen LogP contribution in [0.2, 0.25) is 0 Å². The van der Waals surface area contributed by atoms with E-state index in [0.29, 0.717) is 0 Å². The largest absolute Gasteiger partial charge is 0.374 e. The second kappa shape index (κ2) is 4.20. The Bertz CT molecular complexity index is 331. The fourth-order valence-corrected chi connectivity index (χ4v) is 2.66. The highest BCUT2D eigenvalue weighted by molar-refractivity contribution is 7.09. The number of nitrogens with zero attached hydrogens (tertiary/aromatic N) is 1. The van der Waals surface area contributed by atoms with Crippen LogP contribution in [-0.2, 0) is 11.2 Å². The van der Waals surface area contributed by atoms with Crippen molar-refractivity contribution >= 4 is 11.3 Å². The summed E-state index contributed by atoms with van der Waals surface area (Å²) in [5.41, 5.74) is 7.15. The van der Waals surface area contributed by atoms with Gasteiger partial charge in [-0.1, -0.05) is 0 Å². The van der Waals surface area contributed by atoms with E-state index in [0.717, 1.165) is 36.6 Å². The summed E-state index contributed by atoms with van der Waals surface area (Å²) in [7, 11) is 0. The molecule has 0 saturated carbocycles. The van der Waals surface area contributed by atoms with Gasteiger partial charge >= 0.3 is 0 Å². The van der Waals surface area contributed by atoms with Gasteiger partial charge in [0.25, 0.3) is 0 Å². The third kappa shape index (κ3) is 2.38. The van der Waals surface area contributed by atoms with E-state index in [-0.39, 0.29) is 11.6 Å². The van der Waals surface area contributed by atoms with Gasteiger partial charge in [0, 0.05) is 24.4 Å². The van der Waals surface area contributed by atoms with E-state index in [1.165, 1.54) is 0 Å². The molecule has 1 aromatic heterocycles. The summed E-state index contributed by atoms with van der Waals surface area (Å²) in [6.07, 6.45) is 3.01. The second-order valence-electron chi connectivity index (χ2n) is 4.43. The maximum Gasteiger partial charge on any atom is 0.0897 e. The van der Waals surface area contributed by atoms with E-state index in [1.807, 2.05) is 6.92 Å². The molecule has 0 amide bonds. The summed E-state index contributed by atoms with van der Waals surface area (Å²) >= 11 is 1.68. The molecule has 1 saturated heterocycles. The van der Waals surface area contributed by atoms with Gasteiger partial charge in [0.15, 0.2) is 0 Å². The molecule has 84 valence electrons. The number of thiazole rings is 1. The third-order valence-electron chi connectivity index (χ3n) is 3.13. The van der Waals surface area contributed by atoms with Crippen LogP contribution >= 0.6 is 11.3 Å². The summed E-state index contributed by atoms with van der Waals surface area (Å²) in [4.78, 5) is 4.44. The maximum absolute atomic E-state index is 6.19. The molecule has 2 N–H and O–H groups in total. The Kier molecular flexibility index (Phi) is 3.09. The van der Waals surface area contributed by atoms with Crippen molar-refractivity contribution in [3.63, 3.8) is 0 Å². The molecule has 0 aliphatic carbocycles. The Morgan fingerprint density at radius 3 is 3.07 bits per heavy atom. The predicted molar refractivity (Wildman–Crippen MR) is 62.1 cm³/mol. The fraction of sp³-hybridized carbons (Fsp3) is 0.727. The molecule has 0 spiro atoms. The molecule has 3 nitrogen and oxygen atoms in total. The van der Waals surface area contributed by atoms with Gasteiger partial charge < -0.3 is 10.5 Å². The number of rotatable bonds is 3. The molecule has 4 heteroatoms. The Morgan fingerprint density at radius 1 is 1.73 bits per heavy atom. The third-order valence-corrected chi connectivity index (χ3v) is 3.95. The van der Waals surface area contributed by atoms with Crippen molar-refractivity contribution in [3.8, 4) is 0 Å². The van der Waals surface area contributed by atoms with Crippen molar-refractivity contribution in [1.82, 2.24) is 4.98 Å². The van der Waals surface area contributed by atoms with Gasteiger partial charge in [0.2, 0.25) is 0 Å². The zero-order chi connectivity index (χ0) is 10.9. The van der Waals surface area contributed by atoms with Crippen LogP contribution < -0.4 is 5.73 Å². The molecule has 1 aliphatic heterocycles. The topological polar surface area (TPSA) is 48.1 Å². The van der Waals surface area contributed by atoms with Crippen molar-refractivity contribution in [2.75, 3.05) is 6.61 Å². The molecule has 15 heavy (non-hydrogen) atoms. The van der Waals surface area contributed by atoms with E-state index >= 15 is 0 Å². The lowest BCUT2D eigenvalue weighted by molar-refractivity contribution is -0.00110. The van der Waals surface area contributed by atoms with Crippen molar-refractivity contribution in [2.24, 2.45) is 5.73 Å². The zero-order valence-electron chi connectivity index (χ0n) is 9.32. The van der Waals surface area contributed by atoms with Gasteiger partial charge in [0.1, 0.15) is 0 Å². The molecule has 2 rings (SSSR count). The number of aryl methyl sites for hydroxylation is 1. The molecule has 2 unspecified atom stereocenters. The van der Waals surface area contributed by atoms with Crippen molar-refractivity contribution in [3.05, 3.63) is 16.1 Å². The van der Waals surface area contributed by atoms with E-state index in [1.54, 1.807) is 11.3 Å². The standard InChI is InChI=1S/C11H18N2OS/c1-8-13-9(7-15-8)6-10(12)11(2)4-3-5-14-11/h7,10H,3-6,12H2,1-2H3. The summed E-state index contributed by atoms with van der Waals surface area (Å²) in [6.45, 7) is 4.98. The van der Waals surface area contributed by atoms with Crippen LogP contribution in [0, 0.1) is 6.92 Å². The van der Waals surface area contributed by atoms with Gasteiger partial charge in [-0.3, -0.25) is 0 Å². The first-order chi connectivity index (χ1) is 7.10. The minimum Gasteiger partial charge on any atom is -0.374 e. The lowest BCUT2D eigenvalue weighted by Gasteiger charge is -2.29. The predicted octanol–water partition coefficient (Wildman–Crippen LogP) is 1.89. The molecule has 1 aromatic rings. The van der Waals surface area contributed by atoms with Crippen LogP contribution in [0.25, 0.3) is 0 Å². The van der Waals surface area contributed by atoms with Crippen LogP contribution in [0.15, 0.2) is 5.38 Å². The number of hydrogen-bond acceptors (Lipinski definition) is 4. The summed E-state index contributed by atoms with van der Waals surface area (Å²) in [5, 5.41) is 3.20. The maximum atomic E-state index is 6.19. The lowest BCUT2D eigenvalue weighted by atomic mass is 9.91. The van der Waals surface area contributed by atoms with Crippen molar-refractivity contribution < 1.29 is 4.74 Å². The molecule has 0 aromatic carbocycles. The van der Waals surface area contributed by atoms with E-state index in [4.69, 9.17) is 10.5 Å². The number of hydrogen-bond donors (Lipinski definition) is 1. The molecular formula is C11H18N2OS. The van der Waals surface area contributed by atoms with Gasteiger partial charge in [-0.15, -0.1) is 11.3 Å². The average Bonchev–Trinajstić information content (AvgIpc) is 2.76. The summed E-state index contributed by atoms with van der Waals surface area (Å²) in [5.74, 6) is 0. The van der Waals surface area contributed by atoms with Crippen LogP contribution in [0.5, 0.6) is 0 Å². The van der Waals surface area contributed by atoms with Crippen molar-refractivity contribution in [1.29, 1.82) is 0 Å². The van der Waals surface area contributed by atoms with Crippen LogP contribution in [0.4, 0.5) is 0 Å². The van der Waals surface area contributed by atoms with Gasteiger partial charge in [0.05, 0.1) is 16.3 Å². The second-order valence-corrected chi connectivity index (χ2v) is 5.50.